The van der Waals surface area contributed by atoms with Crippen molar-refractivity contribution in [3.63, 3.8) is 0 Å². The van der Waals surface area contributed by atoms with Gasteiger partial charge in [-0.05, 0) is 34.2 Å². The lowest BCUT2D eigenvalue weighted by molar-refractivity contribution is 0.122. The molecule has 1 aliphatic rings. The van der Waals surface area contributed by atoms with Gasteiger partial charge in [-0.1, -0.05) is 0 Å². The molecule has 0 amide bonds. The molecule has 0 aliphatic carbocycles. The number of aliphatic imine (C=N–C) groups is 1. The number of nitrogens with one attached hydrogen (secondary N) is 2. The third-order valence-corrected chi connectivity index (χ3v) is 5.30. The highest BCUT2D eigenvalue weighted by atomic mass is 32.2. The van der Waals surface area contributed by atoms with Crippen molar-refractivity contribution in [3.05, 3.63) is 0 Å². The van der Waals surface area contributed by atoms with E-state index < -0.39 is 9.84 Å². The van der Waals surface area contributed by atoms with Crippen LogP contribution in [0.15, 0.2) is 4.99 Å². The molecule has 1 rings (SSSR count). The molecule has 2 N–H and O–H groups in total. The van der Waals surface area contributed by atoms with E-state index in [4.69, 9.17) is 0 Å². The minimum Gasteiger partial charge on any atom is -0.357 e. The Hall–Kier alpha value is -0.860. The average molecular weight is 362 g/mol. The molecule has 142 valence electrons. The van der Waals surface area contributed by atoms with Gasteiger partial charge in [0.1, 0.15) is 9.84 Å². The lowest BCUT2D eigenvalue weighted by Gasteiger charge is -2.36. The van der Waals surface area contributed by atoms with Crippen LogP contribution < -0.4 is 10.6 Å². The summed E-state index contributed by atoms with van der Waals surface area (Å²) in [6.45, 7) is 12.1. The molecule has 1 heterocycles. The van der Waals surface area contributed by atoms with Crippen LogP contribution in [0.25, 0.3) is 0 Å². The van der Waals surface area contributed by atoms with Gasteiger partial charge in [0.25, 0.3) is 0 Å². The third-order valence-electron chi connectivity index (χ3n) is 4.32. The number of guanidine groups is 1. The van der Waals surface area contributed by atoms with Crippen LogP contribution in [-0.2, 0) is 9.84 Å². The quantitative estimate of drug-likeness (QED) is 0.468. The Bertz CT molecular complexity index is 487. The molecular formula is C16H35N5O2S. The molecule has 7 nitrogen and oxygen atoms in total. The summed E-state index contributed by atoms with van der Waals surface area (Å²) in [6, 6.07) is 0.469. The molecule has 2 unspecified atom stereocenters. The minimum atomic E-state index is -2.92. The van der Waals surface area contributed by atoms with E-state index in [-0.39, 0.29) is 11.8 Å². The van der Waals surface area contributed by atoms with Gasteiger partial charge >= 0.3 is 0 Å². The molecule has 0 aromatic rings. The topological polar surface area (TPSA) is 77.0 Å². The molecule has 0 saturated carbocycles. The number of hydrogen-bond donors (Lipinski definition) is 2. The summed E-state index contributed by atoms with van der Waals surface area (Å²) in [5.74, 6) is 0.956. The highest BCUT2D eigenvalue weighted by Gasteiger charge is 2.19. The van der Waals surface area contributed by atoms with E-state index >= 15 is 0 Å². The normalized spacial score (nSPS) is 20.6. The summed E-state index contributed by atoms with van der Waals surface area (Å²) in [5, 5.41) is 6.54. The van der Waals surface area contributed by atoms with Crippen LogP contribution in [0, 0.1) is 0 Å². The molecule has 24 heavy (non-hydrogen) atoms. The number of likely N-dealkylation sites (N-methyl/N-ethyl adjacent to an activating group) is 1. The highest BCUT2D eigenvalue weighted by molar-refractivity contribution is 7.90. The van der Waals surface area contributed by atoms with Crippen molar-refractivity contribution in [2.24, 2.45) is 4.99 Å². The number of sulfone groups is 1. The standard InChI is InChI=1S/C16H35N5O2S/c1-6-17-16(19-14(2)7-12-24(5,22)23)18-13-15(3)21-10-8-20(4)9-11-21/h14-15H,6-13H2,1-5H3,(H2,17,18,19). The van der Waals surface area contributed by atoms with Gasteiger partial charge in [0, 0.05) is 51.1 Å². The second-order valence-corrected chi connectivity index (χ2v) is 9.13. The molecular weight excluding hydrogens is 326 g/mol. The van der Waals surface area contributed by atoms with Gasteiger partial charge in [-0.25, -0.2) is 8.42 Å². The molecule has 8 heteroatoms. The Morgan fingerprint density at radius 1 is 1.21 bits per heavy atom. The van der Waals surface area contributed by atoms with Crippen LogP contribution in [0.3, 0.4) is 0 Å². The Kier molecular flexibility index (Phi) is 9.01. The smallest absolute Gasteiger partial charge is 0.191 e. The SMILES string of the molecule is CCNC(=NCC(C)N1CCN(C)CC1)NC(C)CCS(C)(=O)=O. The Morgan fingerprint density at radius 3 is 2.38 bits per heavy atom. The maximum Gasteiger partial charge on any atom is 0.191 e. The van der Waals surface area contributed by atoms with Crippen LogP contribution >= 0.6 is 0 Å². The van der Waals surface area contributed by atoms with Gasteiger partial charge in [-0.15, -0.1) is 0 Å². The summed E-state index contributed by atoms with van der Waals surface area (Å²) in [5.41, 5.74) is 0. The maximum atomic E-state index is 11.3. The first-order valence-corrected chi connectivity index (χ1v) is 10.9. The monoisotopic (exact) mass is 361 g/mol. The molecule has 0 radical (unpaired) electrons. The molecule has 0 aromatic carbocycles. The minimum absolute atomic E-state index is 0.0662. The fraction of sp³-hybridized carbons (Fsp3) is 0.938. The van der Waals surface area contributed by atoms with Gasteiger partial charge in [0.2, 0.25) is 0 Å². The van der Waals surface area contributed by atoms with E-state index in [2.05, 4.69) is 39.4 Å². The van der Waals surface area contributed by atoms with Gasteiger partial charge in [0.15, 0.2) is 5.96 Å². The first kappa shape index (κ1) is 21.2. The van der Waals surface area contributed by atoms with Crippen LogP contribution in [-0.4, -0.2) is 94.6 Å². The van der Waals surface area contributed by atoms with Crippen molar-refractivity contribution >= 4 is 15.8 Å². The van der Waals surface area contributed by atoms with E-state index in [1.807, 2.05) is 13.8 Å². The number of rotatable bonds is 8. The summed E-state index contributed by atoms with van der Waals surface area (Å²) < 4.78 is 22.6. The Balaban J connectivity index is 2.48. The predicted octanol–water partition coefficient (Wildman–Crippen LogP) is 0.000600. The lowest BCUT2D eigenvalue weighted by Crippen LogP contribution is -2.49. The molecule has 1 fully saturated rings. The zero-order chi connectivity index (χ0) is 18.2. The van der Waals surface area contributed by atoms with Crippen molar-refractivity contribution in [2.75, 3.05) is 58.3 Å². The van der Waals surface area contributed by atoms with E-state index in [1.54, 1.807) is 0 Å². The second kappa shape index (κ2) is 10.2. The molecule has 1 saturated heterocycles. The summed E-state index contributed by atoms with van der Waals surface area (Å²) >= 11 is 0. The van der Waals surface area contributed by atoms with Crippen LogP contribution in [0.5, 0.6) is 0 Å². The molecule has 2 atom stereocenters. The zero-order valence-corrected chi connectivity index (χ0v) is 16.7. The van der Waals surface area contributed by atoms with Crippen molar-refractivity contribution in [2.45, 2.75) is 39.3 Å². The van der Waals surface area contributed by atoms with E-state index in [0.717, 1.165) is 45.2 Å². The highest BCUT2D eigenvalue weighted by Crippen LogP contribution is 2.05. The van der Waals surface area contributed by atoms with Gasteiger partial charge in [0.05, 0.1) is 12.3 Å². The number of hydrogen-bond acceptors (Lipinski definition) is 5. The molecule has 1 aliphatic heterocycles. The third kappa shape index (κ3) is 8.84. The Labute approximate surface area is 147 Å². The van der Waals surface area contributed by atoms with E-state index in [1.165, 1.54) is 6.26 Å². The Morgan fingerprint density at radius 2 is 1.83 bits per heavy atom. The largest absolute Gasteiger partial charge is 0.357 e. The summed E-state index contributed by atoms with van der Waals surface area (Å²) in [4.78, 5) is 9.50. The first-order chi connectivity index (χ1) is 11.2. The number of piperazine rings is 1. The molecule has 0 bridgehead atoms. The fourth-order valence-electron chi connectivity index (χ4n) is 2.62. The van der Waals surface area contributed by atoms with Crippen molar-refractivity contribution in [3.8, 4) is 0 Å². The lowest BCUT2D eigenvalue weighted by atomic mass is 10.2. The maximum absolute atomic E-state index is 11.3. The average Bonchev–Trinajstić information content (AvgIpc) is 2.50. The van der Waals surface area contributed by atoms with Crippen LogP contribution in [0.1, 0.15) is 27.2 Å². The van der Waals surface area contributed by atoms with Crippen molar-refractivity contribution < 1.29 is 8.42 Å². The van der Waals surface area contributed by atoms with Gasteiger partial charge in [-0.2, -0.15) is 0 Å². The molecule has 0 spiro atoms. The predicted molar refractivity (Wildman–Crippen MR) is 101 cm³/mol. The first-order valence-electron chi connectivity index (χ1n) is 8.86. The van der Waals surface area contributed by atoms with Gasteiger partial charge in [-0.3, -0.25) is 9.89 Å². The summed E-state index contributed by atoms with van der Waals surface area (Å²) in [7, 11) is -0.765. The van der Waals surface area contributed by atoms with Crippen LogP contribution in [0.2, 0.25) is 0 Å². The zero-order valence-electron chi connectivity index (χ0n) is 15.9. The van der Waals surface area contributed by atoms with E-state index in [0.29, 0.717) is 12.5 Å². The van der Waals surface area contributed by atoms with Crippen LogP contribution in [0.4, 0.5) is 0 Å². The number of nitrogens with zero attached hydrogens (tertiary/aromatic N) is 3. The fourth-order valence-corrected chi connectivity index (χ4v) is 3.40. The van der Waals surface area contributed by atoms with Gasteiger partial charge < -0.3 is 15.5 Å². The second-order valence-electron chi connectivity index (χ2n) is 6.87. The van der Waals surface area contributed by atoms with E-state index in [9.17, 15) is 8.42 Å². The van der Waals surface area contributed by atoms with Crippen molar-refractivity contribution in [1.29, 1.82) is 0 Å². The molecule has 0 aromatic heterocycles. The summed E-state index contributed by atoms with van der Waals surface area (Å²) in [6.07, 6.45) is 1.86. The van der Waals surface area contributed by atoms with Crippen molar-refractivity contribution in [1.82, 2.24) is 20.4 Å².